The summed E-state index contributed by atoms with van der Waals surface area (Å²) in [6.07, 6.45) is 2.30. The van der Waals surface area contributed by atoms with Crippen molar-refractivity contribution in [1.29, 1.82) is 0 Å². The standard InChI is InChI=1S/C21H24B3N9O3/c1-5-11(2)26-20(35)28-15-9-14(16(31-30-15)19(34)29-21(22,23)24)27-13-8-6-7-12(17(13)36-4)18-25-10-33(3)32-18/h6-11H,5H2,1-4H3,(H,29,34)(H3,26,27,28,30,35). The van der Waals surface area contributed by atoms with Crippen molar-refractivity contribution < 1.29 is 14.3 Å². The molecule has 12 nitrogen and oxygen atoms in total. The van der Waals surface area contributed by atoms with Crippen molar-refractivity contribution in [2.45, 2.75) is 31.5 Å². The lowest BCUT2D eigenvalue weighted by atomic mass is 9.49. The normalized spacial score (nSPS) is 11.9. The van der Waals surface area contributed by atoms with Crippen LogP contribution in [0.1, 0.15) is 30.8 Å². The number of para-hydroxylation sites is 1. The monoisotopic (exact) mass is 483 g/mol. The summed E-state index contributed by atoms with van der Waals surface area (Å²) in [4.78, 5) is 29.3. The average molecular weight is 483 g/mol. The molecular formula is C21H24B3N9O3. The summed E-state index contributed by atoms with van der Waals surface area (Å²) >= 11 is 0. The highest BCUT2D eigenvalue weighted by atomic mass is 16.5. The van der Waals surface area contributed by atoms with Crippen molar-refractivity contribution in [3.05, 3.63) is 36.3 Å². The van der Waals surface area contributed by atoms with E-state index in [0.29, 0.717) is 22.8 Å². The van der Waals surface area contributed by atoms with E-state index in [2.05, 4.69) is 41.5 Å². The van der Waals surface area contributed by atoms with Crippen molar-refractivity contribution in [3.8, 4) is 17.1 Å². The number of aryl methyl sites for hydroxylation is 1. The highest BCUT2D eigenvalue weighted by Crippen LogP contribution is 2.37. The molecule has 15 heteroatoms. The van der Waals surface area contributed by atoms with E-state index in [0.717, 1.165) is 6.42 Å². The third-order valence-electron chi connectivity index (χ3n) is 4.90. The van der Waals surface area contributed by atoms with Gasteiger partial charge in [-0.2, -0.15) is 5.10 Å². The molecule has 6 radical (unpaired) electrons. The van der Waals surface area contributed by atoms with Crippen LogP contribution in [-0.4, -0.2) is 78.8 Å². The van der Waals surface area contributed by atoms with Gasteiger partial charge in [-0.05, 0) is 25.5 Å². The molecule has 0 aliphatic rings. The first-order valence-corrected chi connectivity index (χ1v) is 10.9. The van der Waals surface area contributed by atoms with Gasteiger partial charge in [0.2, 0.25) is 0 Å². The molecule has 0 saturated heterocycles. The number of nitrogens with zero attached hydrogens (tertiary/aromatic N) is 5. The second-order valence-corrected chi connectivity index (χ2v) is 8.04. The Bertz CT molecular complexity index is 1250. The number of hydrogen-bond acceptors (Lipinski definition) is 8. The topological polar surface area (TPSA) is 148 Å². The fraction of sp³-hybridized carbons (Fsp3) is 0.333. The average Bonchev–Trinajstić information content (AvgIpc) is 3.23. The van der Waals surface area contributed by atoms with Crippen LogP contribution in [0.2, 0.25) is 0 Å². The number of methoxy groups -OCH3 is 1. The van der Waals surface area contributed by atoms with Crippen molar-refractivity contribution in [1.82, 2.24) is 35.6 Å². The number of urea groups is 1. The molecule has 2 heterocycles. The Labute approximate surface area is 212 Å². The van der Waals surface area contributed by atoms with Gasteiger partial charge in [0.15, 0.2) is 23.1 Å². The summed E-state index contributed by atoms with van der Waals surface area (Å²) in [6.45, 7) is 3.80. The molecule has 4 N–H and O–H groups in total. The first-order valence-electron chi connectivity index (χ1n) is 10.9. The predicted octanol–water partition coefficient (Wildman–Crippen LogP) is 0.791. The number of nitrogens with one attached hydrogen (secondary N) is 4. The maximum Gasteiger partial charge on any atom is 0.320 e. The van der Waals surface area contributed by atoms with Gasteiger partial charge < -0.3 is 20.7 Å². The number of anilines is 3. The lowest BCUT2D eigenvalue weighted by Gasteiger charge is -2.23. The van der Waals surface area contributed by atoms with E-state index in [9.17, 15) is 9.59 Å². The molecule has 0 bridgehead atoms. The zero-order chi connectivity index (χ0) is 26.5. The van der Waals surface area contributed by atoms with Gasteiger partial charge in [0.1, 0.15) is 6.33 Å². The van der Waals surface area contributed by atoms with Crippen molar-refractivity contribution in [2.75, 3.05) is 17.7 Å². The van der Waals surface area contributed by atoms with Gasteiger partial charge in [-0.3, -0.25) is 14.8 Å². The van der Waals surface area contributed by atoms with Crippen molar-refractivity contribution in [3.63, 3.8) is 0 Å². The quantitative estimate of drug-likeness (QED) is 0.327. The van der Waals surface area contributed by atoms with Gasteiger partial charge in [-0.15, -0.1) is 10.2 Å². The van der Waals surface area contributed by atoms with Crippen molar-refractivity contribution >= 4 is 52.7 Å². The van der Waals surface area contributed by atoms with Gasteiger partial charge in [-0.1, -0.05) is 18.2 Å². The van der Waals surface area contributed by atoms with E-state index in [-0.39, 0.29) is 23.2 Å². The number of rotatable bonds is 9. The number of benzene rings is 1. The second-order valence-electron chi connectivity index (χ2n) is 8.04. The Morgan fingerprint density at radius 3 is 2.56 bits per heavy atom. The van der Waals surface area contributed by atoms with E-state index in [1.807, 2.05) is 13.8 Å². The minimum absolute atomic E-state index is 0.0559. The minimum atomic E-state index is -1.99. The van der Waals surface area contributed by atoms with Crippen LogP contribution < -0.4 is 26.0 Å². The van der Waals surface area contributed by atoms with Crippen LogP contribution in [-0.2, 0) is 7.05 Å². The van der Waals surface area contributed by atoms with E-state index in [1.165, 1.54) is 13.2 Å². The molecule has 0 saturated carbocycles. The van der Waals surface area contributed by atoms with Crippen molar-refractivity contribution in [2.24, 2.45) is 7.05 Å². The second kappa shape index (κ2) is 11.1. The summed E-state index contributed by atoms with van der Waals surface area (Å²) in [5, 5.41) is 20.9. The van der Waals surface area contributed by atoms with Gasteiger partial charge in [0.25, 0.3) is 5.91 Å². The van der Waals surface area contributed by atoms with Gasteiger partial charge in [-0.25, -0.2) is 9.78 Å². The summed E-state index contributed by atoms with van der Waals surface area (Å²) in [5.41, 5.74) is 1.04. The molecule has 36 heavy (non-hydrogen) atoms. The molecule has 1 unspecified atom stereocenters. The van der Waals surface area contributed by atoms with Crippen LogP contribution in [0.4, 0.5) is 22.0 Å². The largest absolute Gasteiger partial charge is 0.494 e. The third kappa shape index (κ3) is 6.77. The maximum absolute atomic E-state index is 12.8. The molecule has 0 aliphatic heterocycles. The third-order valence-corrected chi connectivity index (χ3v) is 4.90. The Morgan fingerprint density at radius 1 is 1.19 bits per heavy atom. The Kier molecular flexibility index (Phi) is 8.23. The molecule has 180 valence electrons. The van der Waals surface area contributed by atoms with Gasteiger partial charge >= 0.3 is 6.03 Å². The number of carbonyl (C=O) groups excluding carboxylic acids is 2. The minimum Gasteiger partial charge on any atom is -0.494 e. The number of ether oxygens (including phenoxy) is 1. The molecule has 1 aromatic carbocycles. The Hall–Kier alpha value is -4.03. The lowest BCUT2D eigenvalue weighted by molar-refractivity contribution is 0.0947. The molecule has 0 spiro atoms. The maximum atomic E-state index is 12.8. The molecule has 0 aliphatic carbocycles. The zero-order valence-corrected chi connectivity index (χ0v) is 20.4. The van der Waals surface area contributed by atoms with Crippen LogP contribution >= 0.6 is 0 Å². The highest BCUT2D eigenvalue weighted by molar-refractivity contribution is 6.60. The SMILES string of the molecule is [B]C([B])([B])NC(=O)c1nnc(NC(=O)NC(C)CC)cc1Nc1cccc(-c2ncn(C)n2)c1OC. The predicted molar refractivity (Wildman–Crippen MR) is 138 cm³/mol. The molecule has 1 atom stereocenters. The molecule has 3 rings (SSSR count). The van der Waals surface area contributed by atoms with Gasteiger partial charge in [0.05, 0.1) is 47.6 Å². The van der Waals surface area contributed by atoms with Crippen LogP contribution in [0.15, 0.2) is 30.6 Å². The van der Waals surface area contributed by atoms with Crippen LogP contribution in [0, 0.1) is 0 Å². The van der Waals surface area contributed by atoms with E-state index < -0.39 is 17.2 Å². The summed E-state index contributed by atoms with van der Waals surface area (Å²) < 4.78 is 7.18. The number of hydrogen-bond donors (Lipinski definition) is 4. The zero-order valence-electron chi connectivity index (χ0n) is 20.4. The molecular weight excluding hydrogens is 459 g/mol. The van der Waals surface area contributed by atoms with E-state index in [4.69, 9.17) is 28.3 Å². The summed E-state index contributed by atoms with van der Waals surface area (Å²) in [6, 6.07) is 6.15. The first-order chi connectivity index (χ1) is 17.0. The highest BCUT2D eigenvalue weighted by Gasteiger charge is 2.22. The number of amides is 3. The summed E-state index contributed by atoms with van der Waals surface area (Å²) in [7, 11) is 19.8. The van der Waals surface area contributed by atoms with Gasteiger partial charge in [0, 0.05) is 19.2 Å². The van der Waals surface area contributed by atoms with Crippen LogP contribution in [0.25, 0.3) is 11.4 Å². The van der Waals surface area contributed by atoms with E-state index in [1.54, 1.807) is 36.3 Å². The molecule has 3 aromatic rings. The first kappa shape index (κ1) is 26.6. The fourth-order valence-electron chi connectivity index (χ4n) is 3.09. The van der Waals surface area contributed by atoms with Crippen LogP contribution in [0.3, 0.4) is 0 Å². The molecule has 0 fully saturated rings. The molecule has 2 aromatic heterocycles. The lowest BCUT2D eigenvalue weighted by Crippen LogP contribution is -2.50. The fourth-order valence-corrected chi connectivity index (χ4v) is 3.09. The molecule has 3 amide bonds. The smallest absolute Gasteiger partial charge is 0.320 e. The Balaban J connectivity index is 2.01. The van der Waals surface area contributed by atoms with E-state index >= 15 is 0 Å². The number of carbonyl (C=O) groups is 2. The number of aromatic nitrogens is 5. The Morgan fingerprint density at radius 2 is 1.94 bits per heavy atom. The summed E-state index contributed by atoms with van der Waals surface area (Å²) in [5.74, 6) is 0.124. The van der Waals surface area contributed by atoms with Crippen LogP contribution in [0.5, 0.6) is 5.75 Å².